The van der Waals surface area contributed by atoms with Gasteiger partial charge >= 0.3 is 18.2 Å². The minimum absolute atomic E-state index is 0.0579. The lowest BCUT2D eigenvalue weighted by atomic mass is 9.91. The van der Waals surface area contributed by atoms with E-state index in [4.69, 9.17) is 9.47 Å². The lowest BCUT2D eigenvalue weighted by Gasteiger charge is -2.31. The average molecular weight is 605 g/mol. The van der Waals surface area contributed by atoms with Gasteiger partial charge in [0.1, 0.15) is 24.0 Å². The molecule has 0 bridgehead atoms. The van der Waals surface area contributed by atoms with Gasteiger partial charge in [0.2, 0.25) is 0 Å². The number of aliphatic carboxylic acids is 1. The van der Waals surface area contributed by atoms with Crippen LogP contribution in [-0.2, 0) is 33.5 Å². The van der Waals surface area contributed by atoms with Gasteiger partial charge in [-0.05, 0) is 93.3 Å². The second-order valence-corrected chi connectivity index (χ2v) is 12.3. The van der Waals surface area contributed by atoms with Crippen molar-refractivity contribution in [3.63, 3.8) is 0 Å². The van der Waals surface area contributed by atoms with Crippen LogP contribution in [0, 0.1) is 6.92 Å². The van der Waals surface area contributed by atoms with E-state index in [0.29, 0.717) is 29.0 Å². The third-order valence-corrected chi connectivity index (χ3v) is 8.08. The molecule has 1 saturated carbocycles. The number of nitrogens with zero attached hydrogens (tertiary/aromatic N) is 2. The van der Waals surface area contributed by atoms with Crippen molar-refractivity contribution in [1.82, 2.24) is 4.90 Å². The summed E-state index contributed by atoms with van der Waals surface area (Å²) in [4.78, 5) is 40.3. The molecule has 0 aromatic heterocycles. The molecular formula is C32H39F3N2O6. The molecule has 1 heterocycles. The highest BCUT2D eigenvalue weighted by Crippen LogP contribution is 2.42. The smallest absolute Gasteiger partial charge is 0.416 e. The maximum Gasteiger partial charge on any atom is 0.416 e. The third kappa shape index (κ3) is 7.43. The molecule has 0 saturated heterocycles. The first-order chi connectivity index (χ1) is 20.1. The summed E-state index contributed by atoms with van der Waals surface area (Å²) in [5.74, 6) is -1.38. The Bertz CT molecular complexity index is 1380. The number of hydrogen-bond donors (Lipinski definition) is 1. The van der Waals surface area contributed by atoms with Gasteiger partial charge in [-0.2, -0.15) is 13.2 Å². The number of rotatable bonds is 8. The second kappa shape index (κ2) is 12.5. The molecule has 1 aliphatic carbocycles. The van der Waals surface area contributed by atoms with Crippen molar-refractivity contribution in [2.45, 2.75) is 96.6 Å². The second-order valence-electron chi connectivity index (χ2n) is 12.3. The Morgan fingerprint density at radius 1 is 1.09 bits per heavy atom. The van der Waals surface area contributed by atoms with Gasteiger partial charge < -0.3 is 19.5 Å². The lowest BCUT2D eigenvalue weighted by molar-refractivity contribution is -0.141. The van der Waals surface area contributed by atoms with Crippen LogP contribution >= 0.6 is 0 Å². The van der Waals surface area contributed by atoms with Gasteiger partial charge in [-0.15, -0.1) is 0 Å². The number of ether oxygens (including phenoxy) is 2. The zero-order valence-corrected chi connectivity index (χ0v) is 25.2. The summed E-state index contributed by atoms with van der Waals surface area (Å²) in [5.41, 5.74) is 1.45. The number of carboxylic acid groups (broad SMARTS) is 1. The van der Waals surface area contributed by atoms with E-state index in [9.17, 15) is 32.7 Å². The quantitative estimate of drug-likeness (QED) is 0.354. The number of hydrogen-bond acceptors (Lipinski definition) is 5. The normalized spacial score (nSPS) is 16.1. The molecule has 0 radical (unpaired) electrons. The Morgan fingerprint density at radius 3 is 2.37 bits per heavy atom. The van der Waals surface area contributed by atoms with Crippen LogP contribution in [-0.4, -0.2) is 53.2 Å². The molecule has 8 nitrogen and oxygen atoms in total. The third-order valence-electron chi connectivity index (χ3n) is 8.08. The predicted molar refractivity (Wildman–Crippen MR) is 154 cm³/mol. The number of carboxylic acids is 1. The van der Waals surface area contributed by atoms with E-state index in [1.807, 2.05) is 6.92 Å². The largest absolute Gasteiger partial charge is 0.489 e. The minimum atomic E-state index is -4.45. The first-order valence-corrected chi connectivity index (χ1v) is 14.5. The van der Waals surface area contributed by atoms with Crippen LogP contribution in [0.15, 0.2) is 30.3 Å². The fraction of sp³-hybridized carbons (Fsp3) is 0.531. The van der Waals surface area contributed by atoms with Crippen molar-refractivity contribution in [1.29, 1.82) is 0 Å². The molecular weight excluding hydrogens is 565 g/mol. The number of halogens is 3. The summed E-state index contributed by atoms with van der Waals surface area (Å²) < 4.78 is 53.1. The number of alkyl halides is 3. The molecule has 1 fully saturated rings. The zero-order valence-electron chi connectivity index (χ0n) is 25.2. The van der Waals surface area contributed by atoms with Crippen LogP contribution < -0.4 is 9.64 Å². The molecule has 1 unspecified atom stereocenters. The molecule has 234 valence electrons. The summed E-state index contributed by atoms with van der Waals surface area (Å²) >= 11 is 0. The van der Waals surface area contributed by atoms with E-state index >= 15 is 0 Å². The first kappa shape index (κ1) is 32.2. The maximum atomic E-state index is 13.9. The zero-order chi connectivity index (χ0) is 31.7. The van der Waals surface area contributed by atoms with Gasteiger partial charge in [0.25, 0.3) is 5.91 Å². The molecule has 43 heavy (non-hydrogen) atoms. The molecule has 2 aliphatic rings. The number of carbonyl (C=O) groups excluding carboxylic acids is 2. The van der Waals surface area contributed by atoms with Gasteiger partial charge in [0.05, 0.1) is 12.0 Å². The molecule has 2 amide bonds. The molecule has 1 atom stereocenters. The number of likely N-dealkylation sites (N-methyl/N-ethyl adjacent to an activating group) is 1. The monoisotopic (exact) mass is 604 g/mol. The molecule has 2 aromatic carbocycles. The summed E-state index contributed by atoms with van der Waals surface area (Å²) in [6.07, 6.45) is -1.99. The van der Waals surface area contributed by atoms with Crippen LogP contribution in [0.3, 0.4) is 0 Å². The van der Waals surface area contributed by atoms with Crippen molar-refractivity contribution in [3.05, 3.63) is 58.1 Å². The Balaban J connectivity index is 1.52. The number of anilines is 1. The number of fused-ring (bicyclic) bond motifs is 1. The topological polar surface area (TPSA) is 96.4 Å². The van der Waals surface area contributed by atoms with Crippen molar-refractivity contribution in [3.8, 4) is 5.75 Å². The van der Waals surface area contributed by atoms with E-state index in [2.05, 4.69) is 0 Å². The van der Waals surface area contributed by atoms with E-state index < -0.39 is 47.8 Å². The molecule has 2 aromatic rings. The Labute approximate surface area is 249 Å². The van der Waals surface area contributed by atoms with E-state index in [-0.39, 0.29) is 19.1 Å². The SMILES string of the molecule is Cc1c(OCc2ccc(C3CCCC3)c(C(F)(F)F)c2)ccc2c1CCN2C(=O)C(CC(=O)O)N(C)C(=O)OC(C)(C)C. The molecule has 1 aliphatic heterocycles. The lowest BCUT2D eigenvalue weighted by Crippen LogP contribution is -2.51. The fourth-order valence-electron chi connectivity index (χ4n) is 5.91. The highest BCUT2D eigenvalue weighted by Gasteiger charge is 2.38. The van der Waals surface area contributed by atoms with Crippen LogP contribution in [0.2, 0.25) is 0 Å². The van der Waals surface area contributed by atoms with Gasteiger partial charge in [0, 0.05) is 19.3 Å². The van der Waals surface area contributed by atoms with E-state index in [0.717, 1.165) is 41.7 Å². The Morgan fingerprint density at radius 2 is 1.77 bits per heavy atom. The molecule has 4 rings (SSSR count). The summed E-state index contributed by atoms with van der Waals surface area (Å²) in [5, 5.41) is 9.47. The van der Waals surface area contributed by atoms with Gasteiger partial charge in [-0.3, -0.25) is 14.5 Å². The van der Waals surface area contributed by atoms with Gasteiger partial charge in [-0.25, -0.2) is 4.79 Å². The van der Waals surface area contributed by atoms with E-state index in [1.165, 1.54) is 18.0 Å². The van der Waals surface area contributed by atoms with Crippen LogP contribution in [0.4, 0.5) is 23.7 Å². The Hall–Kier alpha value is -3.76. The number of amides is 2. The van der Waals surface area contributed by atoms with E-state index in [1.54, 1.807) is 45.0 Å². The Kier molecular flexibility index (Phi) is 9.32. The van der Waals surface area contributed by atoms with Crippen molar-refractivity contribution in [2.24, 2.45) is 0 Å². The summed E-state index contributed by atoms with van der Waals surface area (Å²) in [6, 6.07) is 6.50. The van der Waals surface area contributed by atoms with Crippen LogP contribution in [0.5, 0.6) is 5.75 Å². The molecule has 11 heteroatoms. The number of benzene rings is 2. The fourth-order valence-corrected chi connectivity index (χ4v) is 5.91. The van der Waals surface area contributed by atoms with Crippen molar-refractivity contribution in [2.75, 3.05) is 18.5 Å². The van der Waals surface area contributed by atoms with Crippen LogP contribution in [0.25, 0.3) is 0 Å². The number of carbonyl (C=O) groups is 3. The minimum Gasteiger partial charge on any atom is -0.489 e. The highest BCUT2D eigenvalue weighted by molar-refractivity contribution is 6.02. The van der Waals surface area contributed by atoms with Crippen molar-refractivity contribution < 1.29 is 42.1 Å². The highest BCUT2D eigenvalue weighted by atomic mass is 19.4. The van der Waals surface area contributed by atoms with Crippen molar-refractivity contribution >= 4 is 23.7 Å². The standard InChI is InChI=1S/C32H39F3N2O6/c1-19-22-14-15-37(29(40)26(17-28(38)39)36(5)30(41)43-31(2,3)4)25(22)12-13-27(19)42-18-20-10-11-23(21-8-6-7-9-21)24(16-20)32(33,34)35/h10-13,16,21,26H,6-9,14-15,17-18H2,1-5H3,(H,38,39). The summed E-state index contributed by atoms with van der Waals surface area (Å²) in [6.45, 7) is 7.05. The predicted octanol–water partition coefficient (Wildman–Crippen LogP) is 6.85. The maximum absolute atomic E-state index is 13.9. The van der Waals surface area contributed by atoms with Gasteiger partial charge in [-0.1, -0.05) is 25.0 Å². The first-order valence-electron chi connectivity index (χ1n) is 14.5. The molecule has 0 spiro atoms. The molecule has 1 N–H and O–H groups in total. The average Bonchev–Trinajstić information content (AvgIpc) is 3.60. The van der Waals surface area contributed by atoms with Crippen LogP contribution in [0.1, 0.15) is 86.6 Å². The summed E-state index contributed by atoms with van der Waals surface area (Å²) in [7, 11) is 1.34. The van der Waals surface area contributed by atoms with Gasteiger partial charge in [0.15, 0.2) is 0 Å².